The van der Waals surface area contributed by atoms with Crippen LogP contribution < -0.4 is 10.7 Å². The van der Waals surface area contributed by atoms with E-state index in [4.69, 9.17) is 11.6 Å². The van der Waals surface area contributed by atoms with Crippen LogP contribution >= 0.6 is 24.0 Å². The summed E-state index contributed by atoms with van der Waals surface area (Å²) in [5.41, 5.74) is 0.596. The molecule has 0 aliphatic heterocycles. The van der Waals surface area contributed by atoms with E-state index in [1.54, 1.807) is 36.0 Å². The molecule has 0 spiro atoms. The minimum Gasteiger partial charge on any atom is -0.351 e. The van der Waals surface area contributed by atoms with Crippen LogP contribution in [0.15, 0.2) is 29.2 Å². The van der Waals surface area contributed by atoms with Gasteiger partial charge in [-0.3, -0.25) is 9.59 Å². The first-order valence-electron chi connectivity index (χ1n) is 7.77. The van der Waals surface area contributed by atoms with Crippen LogP contribution in [0, 0.1) is 0 Å². The highest BCUT2D eigenvalue weighted by molar-refractivity contribution is 6.31. The molecule has 1 heterocycles. The molecule has 0 atom stereocenters. The van der Waals surface area contributed by atoms with Gasteiger partial charge in [0.15, 0.2) is 0 Å². The molecule has 7 heteroatoms. The molecule has 0 saturated carbocycles. The first-order chi connectivity index (χ1) is 11.0. The zero-order chi connectivity index (χ0) is 17.0. The average molecular weight is 372 g/mol. The first kappa shape index (κ1) is 20.5. The van der Waals surface area contributed by atoms with Crippen LogP contribution in [0.25, 0.3) is 10.9 Å². The lowest BCUT2D eigenvalue weighted by atomic mass is 10.1. The fourth-order valence-electron chi connectivity index (χ4n) is 2.58. The number of aryl methyl sites for hydroxylation is 1. The van der Waals surface area contributed by atoms with E-state index in [1.807, 2.05) is 0 Å². The number of halogens is 2. The molecule has 0 bridgehead atoms. The fourth-order valence-corrected chi connectivity index (χ4v) is 2.75. The zero-order valence-electron chi connectivity index (χ0n) is 14.1. The standard InChI is InChI=1S/C17H22ClN3O2.ClH/c1-4-21(5-2)9-8-19-17(23)14-11-20(3)15-10-12(18)6-7-13(15)16(14)22;/h6-7,10-11H,4-5,8-9H2,1-3H3,(H,19,23);1H. The molecule has 1 aromatic carbocycles. The highest BCUT2D eigenvalue weighted by Gasteiger charge is 2.14. The Hall–Kier alpha value is -1.56. The number of amides is 1. The lowest BCUT2D eigenvalue weighted by Crippen LogP contribution is -2.36. The van der Waals surface area contributed by atoms with Crippen molar-refractivity contribution in [3.05, 3.63) is 45.2 Å². The van der Waals surface area contributed by atoms with Crippen LogP contribution in [0.4, 0.5) is 0 Å². The van der Waals surface area contributed by atoms with E-state index in [2.05, 4.69) is 24.1 Å². The summed E-state index contributed by atoms with van der Waals surface area (Å²) in [5.74, 6) is -0.338. The van der Waals surface area contributed by atoms with Gasteiger partial charge in [-0.1, -0.05) is 25.4 Å². The third-order valence-electron chi connectivity index (χ3n) is 4.00. The van der Waals surface area contributed by atoms with Crippen molar-refractivity contribution in [2.24, 2.45) is 7.05 Å². The Labute approximate surface area is 153 Å². The Morgan fingerprint density at radius 3 is 2.58 bits per heavy atom. The van der Waals surface area contributed by atoms with Gasteiger partial charge in [-0.25, -0.2) is 0 Å². The second-order valence-corrected chi connectivity index (χ2v) is 5.86. The summed E-state index contributed by atoms with van der Waals surface area (Å²) in [7, 11) is 1.80. The van der Waals surface area contributed by atoms with E-state index in [0.29, 0.717) is 22.5 Å². The number of hydrogen-bond acceptors (Lipinski definition) is 3. The number of pyridine rings is 1. The molecule has 0 unspecified atom stereocenters. The van der Waals surface area contributed by atoms with Crippen molar-refractivity contribution in [3.63, 3.8) is 0 Å². The van der Waals surface area contributed by atoms with Crippen LogP contribution in [0.1, 0.15) is 24.2 Å². The number of nitrogens with one attached hydrogen (secondary N) is 1. The third-order valence-corrected chi connectivity index (χ3v) is 4.24. The molecule has 132 valence electrons. The van der Waals surface area contributed by atoms with Gasteiger partial charge in [-0.2, -0.15) is 0 Å². The maximum atomic E-state index is 12.5. The number of carbonyl (C=O) groups is 1. The molecule has 0 fully saturated rings. The molecule has 0 aliphatic rings. The Balaban J connectivity index is 0.00000288. The van der Waals surface area contributed by atoms with Gasteiger partial charge in [0.2, 0.25) is 5.43 Å². The van der Waals surface area contributed by atoms with Crippen molar-refractivity contribution >= 4 is 40.8 Å². The summed E-state index contributed by atoms with van der Waals surface area (Å²) in [6.45, 7) is 7.31. The molecule has 0 saturated heterocycles. The maximum Gasteiger partial charge on any atom is 0.256 e. The maximum absolute atomic E-state index is 12.5. The van der Waals surface area contributed by atoms with E-state index >= 15 is 0 Å². The predicted octanol–water partition coefficient (Wildman–Crippen LogP) is 2.69. The lowest BCUT2D eigenvalue weighted by Gasteiger charge is -2.18. The topological polar surface area (TPSA) is 54.3 Å². The molecule has 1 amide bonds. The fraction of sp³-hybridized carbons (Fsp3) is 0.412. The van der Waals surface area contributed by atoms with Crippen molar-refractivity contribution in [1.29, 1.82) is 0 Å². The largest absolute Gasteiger partial charge is 0.351 e. The van der Waals surface area contributed by atoms with E-state index in [9.17, 15) is 9.59 Å². The van der Waals surface area contributed by atoms with E-state index in [0.717, 1.165) is 19.6 Å². The van der Waals surface area contributed by atoms with Gasteiger partial charge in [-0.05, 0) is 31.3 Å². The van der Waals surface area contributed by atoms with Crippen molar-refractivity contribution in [2.45, 2.75) is 13.8 Å². The quantitative estimate of drug-likeness (QED) is 0.848. The van der Waals surface area contributed by atoms with Gasteiger partial charge in [0.05, 0.1) is 5.52 Å². The number of rotatable bonds is 6. The van der Waals surface area contributed by atoms with E-state index in [-0.39, 0.29) is 29.3 Å². The number of benzene rings is 1. The van der Waals surface area contributed by atoms with Crippen LogP contribution in [0.5, 0.6) is 0 Å². The number of hydrogen-bond donors (Lipinski definition) is 1. The number of carbonyl (C=O) groups excluding carboxylic acids is 1. The molecular weight excluding hydrogens is 349 g/mol. The van der Waals surface area contributed by atoms with Gasteiger partial charge in [0.25, 0.3) is 5.91 Å². The number of likely N-dealkylation sites (N-methyl/N-ethyl adjacent to an activating group) is 1. The van der Waals surface area contributed by atoms with Crippen molar-refractivity contribution in [3.8, 4) is 0 Å². The Morgan fingerprint density at radius 2 is 1.96 bits per heavy atom. The summed E-state index contributed by atoms with van der Waals surface area (Å²) >= 11 is 5.97. The smallest absolute Gasteiger partial charge is 0.256 e. The summed E-state index contributed by atoms with van der Waals surface area (Å²) in [6.07, 6.45) is 1.56. The minimum absolute atomic E-state index is 0. The highest BCUT2D eigenvalue weighted by Crippen LogP contribution is 2.16. The van der Waals surface area contributed by atoms with Crippen LogP contribution in [-0.2, 0) is 7.05 Å². The van der Waals surface area contributed by atoms with Gasteiger partial charge in [0, 0.05) is 36.7 Å². The van der Waals surface area contributed by atoms with Gasteiger partial charge in [-0.15, -0.1) is 12.4 Å². The van der Waals surface area contributed by atoms with Crippen molar-refractivity contribution in [1.82, 2.24) is 14.8 Å². The summed E-state index contributed by atoms with van der Waals surface area (Å²) in [5, 5.41) is 3.88. The first-order valence-corrected chi connectivity index (χ1v) is 8.15. The van der Waals surface area contributed by atoms with Crippen LogP contribution in [0.2, 0.25) is 5.02 Å². The molecule has 2 rings (SSSR count). The molecule has 5 nitrogen and oxygen atoms in total. The monoisotopic (exact) mass is 371 g/mol. The number of aromatic nitrogens is 1. The SMILES string of the molecule is CCN(CC)CCNC(=O)c1cn(C)c2cc(Cl)ccc2c1=O.Cl. The number of fused-ring (bicyclic) bond motifs is 1. The molecular formula is C17H23Cl2N3O2. The second-order valence-electron chi connectivity index (χ2n) is 5.43. The summed E-state index contributed by atoms with van der Waals surface area (Å²) < 4.78 is 1.75. The predicted molar refractivity (Wildman–Crippen MR) is 102 cm³/mol. The van der Waals surface area contributed by atoms with Crippen LogP contribution in [-0.4, -0.2) is 41.6 Å². The van der Waals surface area contributed by atoms with Gasteiger partial charge in [0.1, 0.15) is 5.56 Å². The van der Waals surface area contributed by atoms with Crippen LogP contribution in [0.3, 0.4) is 0 Å². The van der Waals surface area contributed by atoms with E-state index in [1.165, 1.54) is 0 Å². The number of nitrogens with zero attached hydrogens (tertiary/aromatic N) is 2. The van der Waals surface area contributed by atoms with Gasteiger partial charge >= 0.3 is 0 Å². The Morgan fingerprint density at radius 1 is 1.29 bits per heavy atom. The minimum atomic E-state index is -0.338. The zero-order valence-corrected chi connectivity index (χ0v) is 15.7. The summed E-state index contributed by atoms with van der Waals surface area (Å²) in [4.78, 5) is 27.0. The van der Waals surface area contributed by atoms with Gasteiger partial charge < -0.3 is 14.8 Å². The molecule has 1 aromatic heterocycles. The summed E-state index contributed by atoms with van der Waals surface area (Å²) in [6, 6.07) is 5.04. The second kappa shape index (κ2) is 9.06. The molecule has 24 heavy (non-hydrogen) atoms. The molecule has 0 aliphatic carbocycles. The lowest BCUT2D eigenvalue weighted by molar-refractivity contribution is 0.0947. The molecule has 1 N–H and O–H groups in total. The van der Waals surface area contributed by atoms with Crippen molar-refractivity contribution < 1.29 is 4.79 Å². The van der Waals surface area contributed by atoms with Crippen molar-refractivity contribution in [2.75, 3.05) is 26.2 Å². The average Bonchev–Trinajstić information content (AvgIpc) is 2.54. The molecule has 0 radical (unpaired) electrons. The van der Waals surface area contributed by atoms with E-state index < -0.39 is 0 Å². The normalized spacial score (nSPS) is 10.7. The third kappa shape index (κ3) is 4.50. The molecule has 2 aromatic rings. The highest BCUT2D eigenvalue weighted by atomic mass is 35.5. The Kier molecular flexibility index (Phi) is 7.73. The Bertz CT molecular complexity index is 770.